The predicted molar refractivity (Wildman–Crippen MR) is 63.5 cm³/mol. The van der Waals surface area contributed by atoms with Gasteiger partial charge in [0, 0.05) is 24.8 Å². The summed E-state index contributed by atoms with van der Waals surface area (Å²) in [6, 6.07) is 0. The Morgan fingerprint density at radius 2 is 2.00 bits per heavy atom. The SMILES string of the molecule is Cc1nn(C)c(C)c1CNCC(=O)NCC(F)(F)F. The van der Waals surface area contributed by atoms with Gasteiger partial charge in [-0.2, -0.15) is 18.3 Å². The average molecular weight is 278 g/mol. The lowest BCUT2D eigenvalue weighted by molar-refractivity contribution is -0.137. The standard InChI is InChI=1S/C11H17F3N4O/c1-7-9(8(2)18(3)17-7)4-15-5-10(19)16-6-11(12,13)14/h15H,4-6H2,1-3H3,(H,16,19). The number of rotatable bonds is 5. The number of aromatic nitrogens is 2. The number of amides is 1. The van der Waals surface area contributed by atoms with Gasteiger partial charge >= 0.3 is 6.18 Å². The molecule has 19 heavy (non-hydrogen) atoms. The molecular formula is C11H17F3N4O. The summed E-state index contributed by atoms with van der Waals surface area (Å²) >= 11 is 0. The van der Waals surface area contributed by atoms with Crippen molar-refractivity contribution in [2.75, 3.05) is 13.1 Å². The topological polar surface area (TPSA) is 59.0 Å². The van der Waals surface area contributed by atoms with E-state index in [1.165, 1.54) is 0 Å². The van der Waals surface area contributed by atoms with Crippen LogP contribution in [-0.2, 0) is 18.4 Å². The van der Waals surface area contributed by atoms with E-state index in [1.807, 2.05) is 20.9 Å². The molecule has 0 aliphatic rings. The minimum Gasteiger partial charge on any atom is -0.346 e. The van der Waals surface area contributed by atoms with Crippen LogP contribution in [0.25, 0.3) is 0 Å². The number of hydrogen-bond acceptors (Lipinski definition) is 3. The number of carbonyl (C=O) groups excluding carboxylic acids is 1. The van der Waals surface area contributed by atoms with Gasteiger partial charge in [-0.25, -0.2) is 0 Å². The maximum atomic E-state index is 11.9. The van der Waals surface area contributed by atoms with E-state index in [9.17, 15) is 18.0 Å². The van der Waals surface area contributed by atoms with Gasteiger partial charge in [-0.1, -0.05) is 0 Å². The fraction of sp³-hybridized carbons (Fsp3) is 0.636. The molecule has 5 nitrogen and oxygen atoms in total. The molecular weight excluding hydrogens is 261 g/mol. The third-order valence-corrected chi connectivity index (χ3v) is 2.73. The molecule has 1 heterocycles. The van der Waals surface area contributed by atoms with Crippen molar-refractivity contribution < 1.29 is 18.0 Å². The van der Waals surface area contributed by atoms with Gasteiger partial charge in [0.1, 0.15) is 6.54 Å². The van der Waals surface area contributed by atoms with E-state index in [-0.39, 0.29) is 6.54 Å². The predicted octanol–water partition coefficient (Wildman–Crippen LogP) is 0.805. The maximum absolute atomic E-state index is 11.9. The second-order valence-corrected chi connectivity index (χ2v) is 4.27. The number of carbonyl (C=O) groups is 1. The molecule has 1 amide bonds. The first-order valence-corrected chi connectivity index (χ1v) is 5.74. The summed E-state index contributed by atoms with van der Waals surface area (Å²) in [5.74, 6) is -0.684. The molecule has 0 aliphatic carbocycles. The van der Waals surface area contributed by atoms with Gasteiger partial charge in [0.25, 0.3) is 0 Å². The first-order valence-electron chi connectivity index (χ1n) is 5.74. The molecule has 2 N–H and O–H groups in total. The summed E-state index contributed by atoms with van der Waals surface area (Å²) in [4.78, 5) is 11.2. The molecule has 0 spiro atoms. The molecule has 0 bridgehead atoms. The van der Waals surface area contributed by atoms with Crippen molar-refractivity contribution in [1.82, 2.24) is 20.4 Å². The van der Waals surface area contributed by atoms with Crippen LogP contribution in [0.2, 0.25) is 0 Å². The molecule has 0 radical (unpaired) electrons. The van der Waals surface area contributed by atoms with Crippen molar-refractivity contribution in [2.24, 2.45) is 7.05 Å². The first-order chi connectivity index (χ1) is 8.70. The monoisotopic (exact) mass is 278 g/mol. The fourth-order valence-corrected chi connectivity index (χ4v) is 1.64. The van der Waals surface area contributed by atoms with Crippen molar-refractivity contribution in [2.45, 2.75) is 26.6 Å². The highest BCUT2D eigenvalue weighted by Crippen LogP contribution is 2.12. The molecule has 0 fully saturated rings. The van der Waals surface area contributed by atoms with Crippen LogP contribution in [0.5, 0.6) is 0 Å². The maximum Gasteiger partial charge on any atom is 0.405 e. The smallest absolute Gasteiger partial charge is 0.346 e. The number of alkyl halides is 3. The van der Waals surface area contributed by atoms with E-state index in [1.54, 1.807) is 10.00 Å². The van der Waals surface area contributed by atoms with E-state index in [0.717, 1.165) is 17.0 Å². The first kappa shape index (κ1) is 15.5. The molecule has 0 unspecified atom stereocenters. The van der Waals surface area contributed by atoms with Crippen molar-refractivity contribution >= 4 is 5.91 Å². The molecule has 0 aliphatic heterocycles. The Morgan fingerprint density at radius 1 is 1.37 bits per heavy atom. The van der Waals surface area contributed by atoms with Crippen molar-refractivity contribution in [1.29, 1.82) is 0 Å². The van der Waals surface area contributed by atoms with Crippen molar-refractivity contribution in [3.8, 4) is 0 Å². The van der Waals surface area contributed by atoms with Crippen molar-refractivity contribution in [3.63, 3.8) is 0 Å². The number of nitrogens with zero attached hydrogens (tertiary/aromatic N) is 2. The van der Waals surface area contributed by atoms with Crippen LogP contribution in [0.15, 0.2) is 0 Å². The van der Waals surface area contributed by atoms with Gasteiger partial charge in [-0.3, -0.25) is 9.48 Å². The Kier molecular flexibility index (Phi) is 4.93. The minimum atomic E-state index is -4.38. The molecule has 0 atom stereocenters. The second-order valence-electron chi connectivity index (χ2n) is 4.27. The summed E-state index contributed by atoms with van der Waals surface area (Å²) in [6.07, 6.45) is -4.38. The molecule has 0 saturated carbocycles. The lowest BCUT2D eigenvalue weighted by Gasteiger charge is -2.09. The molecule has 1 aromatic heterocycles. The Labute approximate surface area is 109 Å². The van der Waals surface area contributed by atoms with E-state index in [0.29, 0.717) is 6.54 Å². The number of hydrogen-bond donors (Lipinski definition) is 2. The zero-order valence-corrected chi connectivity index (χ0v) is 11.1. The average Bonchev–Trinajstić information content (AvgIpc) is 2.52. The Hall–Kier alpha value is -1.57. The third-order valence-electron chi connectivity index (χ3n) is 2.73. The van der Waals surface area contributed by atoms with Crippen LogP contribution in [0.1, 0.15) is 17.0 Å². The van der Waals surface area contributed by atoms with E-state index >= 15 is 0 Å². The Balaban J connectivity index is 2.36. The highest BCUT2D eigenvalue weighted by Gasteiger charge is 2.27. The van der Waals surface area contributed by atoms with Gasteiger partial charge in [0.15, 0.2) is 0 Å². The van der Waals surface area contributed by atoms with Crippen molar-refractivity contribution in [3.05, 3.63) is 17.0 Å². The quantitative estimate of drug-likeness (QED) is 0.838. The summed E-state index contributed by atoms with van der Waals surface area (Å²) in [5, 5.41) is 8.80. The van der Waals surface area contributed by atoms with Crippen LogP contribution in [-0.4, -0.2) is 35.0 Å². The van der Waals surface area contributed by atoms with Gasteiger partial charge in [0.05, 0.1) is 12.2 Å². The normalized spacial score (nSPS) is 11.7. The summed E-state index contributed by atoms with van der Waals surface area (Å²) in [7, 11) is 1.81. The molecule has 0 saturated heterocycles. The van der Waals surface area contributed by atoms with E-state index in [2.05, 4.69) is 10.4 Å². The molecule has 1 aromatic rings. The summed E-state index contributed by atoms with van der Waals surface area (Å²) < 4.78 is 37.3. The largest absolute Gasteiger partial charge is 0.405 e. The third kappa shape index (κ3) is 4.90. The van der Waals surface area contributed by atoms with Crippen LogP contribution in [0.4, 0.5) is 13.2 Å². The van der Waals surface area contributed by atoms with Crippen LogP contribution in [0.3, 0.4) is 0 Å². The molecule has 108 valence electrons. The molecule has 1 rings (SSSR count). The highest BCUT2D eigenvalue weighted by atomic mass is 19.4. The Bertz CT molecular complexity index is 454. The van der Waals surface area contributed by atoms with Crippen LogP contribution >= 0.6 is 0 Å². The zero-order chi connectivity index (χ0) is 14.6. The fourth-order valence-electron chi connectivity index (χ4n) is 1.64. The minimum absolute atomic E-state index is 0.163. The lowest BCUT2D eigenvalue weighted by Crippen LogP contribution is -2.39. The van der Waals surface area contributed by atoms with Gasteiger partial charge in [-0.15, -0.1) is 0 Å². The van der Waals surface area contributed by atoms with E-state index < -0.39 is 18.6 Å². The van der Waals surface area contributed by atoms with Gasteiger partial charge in [0.2, 0.25) is 5.91 Å². The summed E-state index contributed by atoms with van der Waals surface area (Å²) in [5.41, 5.74) is 2.75. The van der Waals surface area contributed by atoms with Gasteiger partial charge in [-0.05, 0) is 13.8 Å². The lowest BCUT2D eigenvalue weighted by atomic mass is 10.2. The van der Waals surface area contributed by atoms with E-state index in [4.69, 9.17) is 0 Å². The second kappa shape index (κ2) is 6.05. The van der Waals surface area contributed by atoms with Crippen LogP contribution in [0, 0.1) is 13.8 Å². The number of aryl methyl sites for hydroxylation is 2. The van der Waals surface area contributed by atoms with Gasteiger partial charge < -0.3 is 10.6 Å². The zero-order valence-electron chi connectivity index (χ0n) is 11.1. The highest BCUT2D eigenvalue weighted by molar-refractivity contribution is 5.78. The number of nitrogens with one attached hydrogen (secondary N) is 2. The molecule has 8 heteroatoms. The summed E-state index contributed by atoms with van der Waals surface area (Å²) in [6.45, 7) is 2.65. The Morgan fingerprint density at radius 3 is 2.47 bits per heavy atom. The van der Waals surface area contributed by atoms with Crippen LogP contribution < -0.4 is 10.6 Å². The molecule has 0 aromatic carbocycles. The number of halogens is 3.